The van der Waals surface area contributed by atoms with Crippen molar-refractivity contribution < 1.29 is 50.4 Å². The molecule has 0 heterocycles. The van der Waals surface area contributed by atoms with E-state index < -0.39 is 21.3 Å². The average Bonchev–Trinajstić information content (AvgIpc) is 3.69. The Morgan fingerprint density at radius 3 is 1.36 bits per heavy atom. The van der Waals surface area contributed by atoms with Crippen molar-refractivity contribution in [1.82, 2.24) is 0 Å². The van der Waals surface area contributed by atoms with Crippen LogP contribution in [0, 0.1) is 0 Å². The molecule has 226 valence electrons. The first-order valence-corrected chi connectivity index (χ1v) is 18.2. The molecule has 6 rings (SSSR count). The molecule has 4 aromatic carbocycles. The summed E-state index contributed by atoms with van der Waals surface area (Å²) < 4.78 is 23.3. The average molecular weight is 670 g/mol. The number of allylic oxidation sites excluding steroid dienone is 4. The molecule has 0 aliphatic heterocycles. The topological polar surface area (TPSA) is 83.0 Å². The molecule has 2 aliphatic carbocycles. The summed E-state index contributed by atoms with van der Waals surface area (Å²) in [5.74, 6) is 0.817. The molecule has 0 unspecified atom stereocenters. The zero-order valence-corrected chi connectivity index (χ0v) is 28.5. The summed E-state index contributed by atoms with van der Waals surface area (Å²) in [5.41, 5.74) is 6.09. The molecule has 0 spiro atoms. The van der Waals surface area contributed by atoms with E-state index in [-0.39, 0.29) is 11.5 Å². The van der Waals surface area contributed by atoms with Gasteiger partial charge in [-0.3, -0.25) is 0 Å². The molecule has 2 aliphatic rings. The zero-order valence-electron chi connectivity index (χ0n) is 26.0. The second-order valence-electron chi connectivity index (χ2n) is 10.3. The minimum absolute atomic E-state index is 0.211. The van der Waals surface area contributed by atoms with Crippen LogP contribution in [0.25, 0.3) is 11.1 Å². The van der Waals surface area contributed by atoms with Crippen LogP contribution in [-0.2, 0) is 21.3 Å². The van der Waals surface area contributed by atoms with Crippen LogP contribution in [0.15, 0.2) is 106 Å². The van der Waals surface area contributed by atoms with Gasteiger partial charge < -0.3 is 29.2 Å². The summed E-state index contributed by atoms with van der Waals surface area (Å²) in [7, 11) is 5.82. The Kier molecular flexibility index (Phi) is 11.6. The predicted octanol–water partition coefficient (Wildman–Crippen LogP) is 6.99. The SMILES string of the molecule is COc1cccc(OC)c1[O-].COc1cccc(OC)c1[O-].C[C](C)=[Zr+2]([C]1=CC=CC1)[CH]1c2ccccc2-c2ccccc21. The van der Waals surface area contributed by atoms with Crippen molar-refractivity contribution in [2.45, 2.75) is 23.9 Å². The van der Waals surface area contributed by atoms with E-state index in [4.69, 9.17) is 18.9 Å². The van der Waals surface area contributed by atoms with Crippen LogP contribution < -0.4 is 29.2 Å². The molecule has 0 radical (unpaired) electrons. The molecule has 0 aromatic heterocycles. The van der Waals surface area contributed by atoms with Crippen LogP contribution in [0.1, 0.15) is 35.0 Å². The second-order valence-corrected chi connectivity index (χ2v) is 17.8. The monoisotopic (exact) mass is 668 g/mol. The quantitative estimate of drug-likeness (QED) is 0.220. The maximum atomic E-state index is 11.2. The second kappa shape index (κ2) is 15.6. The van der Waals surface area contributed by atoms with E-state index >= 15 is 0 Å². The number of rotatable bonds is 6. The molecule has 0 bridgehead atoms. The third-order valence-corrected chi connectivity index (χ3v) is 15.8. The Balaban J connectivity index is 0.000000169. The van der Waals surface area contributed by atoms with Gasteiger partial charge in [-0.1, -0.05) is 12.1 Å². The third-order valence-electron chi connectivity index (χ3n) is 7.54. The predicted molar refractivity (Wildman–Crippen MR) is 170 cm³/mol. The first kappa shape index (κ1) is 32.8. The Morgan fingerprint density at radius 1 is 0.614 bits per heavy atom. The van der Waals surface area contributed by atoms with E-state index in [0.717, 1.165) is 0 Å². The zero-order chi connectivity index (χ0) is 31.6. The van der Waals surface area contributed by atoms with Gasteiger partial charge in [0.05, 0.1) is 28.4 Å². The van der Waals surface area contributed by atoms with Gasteiger partial charge in [0, 0.05) is 0 Å². The van der Waals surface area contributed by atoms with E-state index in [1.165, 1.54) is 46.0 Å². The van der Waals surface area contributed by atoms with E-state index in [2.05, 4.69) is 80.6 Å². The first-order valence-electron chi connectivity index (χ1n) is 14.3. The van der Waals surface area contributed by atoms with Gasteiger partial charge in [-0.15, -0.1) is 0 Å². The first-order chi connectivity index (χ1) is 21.4. The number of ether oxygens (including phenoxy) is 4. The summed E-state index contributed by atoms with van der Waals surface area (Å²) in [6, 6.07) is 28.0. The summed E-state index contributed by atoms with van der Waals surface area (Å²) >= 11 is -1.87. The third kappa shape index (κ3) is 7.16. The van der Waals surface area contributed by atoms with Crippen molar-refractivity contribution in [2.24, 2.45) is 0 Å². The Hall–Kier alpha value is -4.09. The van der Waals surface area contributed by atoms with Gasteiger partial charge in [-0.2, -0.15) is 0 Å². The van der Waals surface area contributed by atoms with Crippen molar-refractivity contribution in [1.29, 1.82) is 0 Å². The summed E-state index contributed by atoms with van der Waals surface area (Å²) in [6.07, 6.45) is 8.17. The summed E-state index contributed by atoms with van der Waals surface area (Å²) in [5, 5.41) is 22.4. The van der Waals surface area contributed by atoms with Gasteiger partial charge >= 0.3 is 141 Å². The molecule has 0 amide bonds. The fourth-order valence-corrected chi connectivity index (χ4v) is 13.7. The molecule has 44 heavy (non-hydrogen) atoms. The molecule has 0 saturated heterocycles. The maximum absolute atomic E-state index is 11.2. The Morgan fingerprint density at radius 2 is 1.02 bits per heavy atom. The van der Waals surface area contributed by atoms with Gasteiger partial charge in [0.25, 0.3) is 0 Å². The van der Waals surface area contributed by atoms with Gasteiger partial charge in [0.15, 0.2) is 0 Å². The Bertz CT molecular complexity index is 1540. The van der Waals surface area contributed by atoms with Crippen molar-refractivity contribution >= 4 is 3.21 Å². The normalized spacial score (nSPS) is 12.2. The molecule has 0 atom stereocenters. The molecule has 4 aromatic rings. The number of hydrogen-bond donors (Lipinski definition) is 0. The fourth-order valence-electron chi connectivity index (χ4n) is 5.54. The molecule has 6 nitrogen and oxygen atoms in total. The molecule has 7 heteroatoms. The molecule has 0 fully saturated rings. The van der Waals surface area contributed by atoms with Crippen LogP contribution in [-0.4, -0.2) is 31.6 Å². The van der Waals surface area contributed by atoms with Gasteiger partial charge in [-0.05, 0) is 35.8 Å². The Labute approximate surface area is 268 Å². The standard InChI is InChI=1S/C13H9.2C8H10O3.C5H5.C3H6.Zr/c1-3-7-12-10(5-1)9-11-6-2-4-8-13(11)12;2*1-10-6-4-3-5-7(11-2)8(6)9;1-2-4-5-3-1;1-3-2;/h1-9H;2*3-5,9H,1-2H3;1-3H,4H2;1-2H3;/q;;;;;+2/p-2. The van der Waals surface area contributed by atoms with E-state index in [1.54, 1.807) is 54.0 Å². The van der Waals surface area contributed by atoms with Crippen molar-refractivity contribution in [3.63, 3.8) is 0 Å². The molecule has 0 N–H and O–H groups in total. The van der Waals surface area contributed by atoms with Crippen molar-refractivity contribution in [3.8, 4) is 45.6 Å². The summed E-state index contributed by atoms with van der Waals surface area (Å²) in [6.45, 7) is 4.74. The van der Waals surface area contributed by atoms with Crippen molar-refractivity contribution in [3.05, 3.63) is 118 Å². The van der Waals surface area contributed by atoms with E-state index in [1.807, 2.05) is 0 Å². The van der Waals surface area contributed by atoms with Gasteiger partial charge in [0.1, 0.15) is 23.0 Å². The molecular formula is C37H38O6Zr. The number of benzene rings is 4. The van der Waals surface area contributed by atoms with Crippen LogP contribution >= 0.6 is 0 Å². The van der Waals surface area contributed by atoms with Crippen molar-refractivity contribution in [2.75, 3.05) is 28.4 Å². The van der Waals surface area contributed by atoms with Gasteiger partial charge in [-0.25, -0.2) is 0 Å². The van der Waals surface area contributed by atoms with Crippen LogP contribution in [0.2, 0.25) is 0 Å². The van der Waals surface area contributed by atoms with E-state index in [0.29, 0.717) is 26.6 Å². The number of para-hydroxylation sites is 2. The number of fused-ring (bicyclic) bond motifs is 3. The number of hydrogen-bond acceptors (Lipinski definition) is 6. The number of methoxy groups -OCH3 is 4. The van der Waals surface area contributed by atoms with Gasteiger partial charge in [0.2, 0.25) is 0 Å². The van der Waals surface area contributed by atoms with Crippen LogP contribution in [0.5, 0.6) is 34.5 Å². The van der Waals surface area contributed by atoms with Crippen LogP contribution in [0.4, 0.5) is 0 Å². The molecule has 0 saturated carbocycles. The molecular weight excluding hydrogens is 632 g/mol. The van der Waals surface area contributed by atoms with E-state index in [9.17, 15) is 10.2 Å². The van der Waals surface area contributed by atoms with Crippen LogP contribution in [0.3, 0.4) is 0 Å². The fraction of sp³-hybridized carbons (Fsp3) is 0.216. The minimum atomic E-state index is -1.87. The summed E-state index contributed by atoms with van der Waals surface area (Å²) in [4.78, 5) is 0.